The number of hydrogen-bond donors (Lipinski definition) is 2. The maximum atomic E-state index is 12.9. The van der Waals surface area contributed by atoms with Crippen molar-refractivity contribution in [1.29, 1.82) is 0 Å². The van der Waals surface area contributed by atoms with Crippen LogP contribution in [0.1, 0.15) is 53.9 Å². The van der Waals surface area contributed by atoms with Crippen LogP contribution in [0.25, 0.3) is 22.3 Å². The molecule has 3 aromatic heterocycles. The molecule has 2 amide bonds. The molecule has 0 bridgehead atoms. The van der Waals surface area contributed by atoms with Gasteiger partial charge in [0.1, 0.15) is 17.8 Å². The summed E-state index contributed by atoms with van der Waals surface area (Å²) in [5.41, 5.74) is 8.91. The zero-order valence-electron chi connectivity index (χ0n) is 23.9. The van der Waals surface area contributed by atoms with Gasteiger partial charge in [-0.3, -0.25) is 19.8 Å². The van der Waals surface area contributed by atoms with Crippen molar-refractivity contribution in [3.8, 4) is 11.3 Å². The number of nitrogens with two attached hydrogens (primary N) is 1. The molecule has 1 saturated heterocycles. The van der Waals surface area contributed by atoms with Crippen molar-refractivity contribution in [3.63, 3.8) is 0 Å². The van der Waals surface area contributed by atoms with E-state index in [1.165, 1.54) is 30.5 Å². The number of aromatic nitrogens is 5. The Bertz CT molecular complexity index is 1620. The van der Waals surface area contributed by atoms with E-state index in [1.54, 1.807) is 18.2 Å². The molecule has 12 heteroatoms. The van der Waals surface area contributed by atoms with Crippen LogP contribution in [0.4, 0.5) is 10.9 Å². The number of aryl methyl sites for hydroxylation is 1. The zero-order chi connectivity index (χ0) is 29.2. The Balaban J connectivity index is 1.18. The molecular formula is C30H35N9O2S. The predicted octanol–water partition coefficient (Wildman–Crippen LogP) is 4.16. The van der Waals surface area contributed by atoms with E-state index in [4.69, 9.17) is 10.8 Å². The van der Waals surface area contributed by atoms with Crippen LogP contribution in [-0.4, -0.2) is 79.1 Å². The van der Waals surface area contributed by atoms with Crippen molar-refractivity contribution in [2.24, 2.45) is 0 Å². The lowest BCUT2D eigenvalue weighted by molar-refractivity contribution is -0.125. The first-order chi connectivity index (χ1) is 20.4. The predicted molar refractivity (Wildman–Crippen MR) is 164 cm³/mol. The largest absolute Gasteiger partial charge is 0.383 e. The molecule has 0 unspecified atom stereocenters. The van der Waals surface area contributed by atoms with E-state index in [1.807, 2.05) is 34.0 Å². The quantitative estimate of drug-likeness (QED) is 0.265. The average molecular weight is 586 g/mol. The number of fused-ring (bicyclic) bond motifs is 1. The molecule has 11 nitrogen and oxygen atoms in total. The molecule has 1 aromatic carbocycles. The molecule has 42 heavy (non-hydrogen) atoms. The Morgan fingerprint density at radius 2 is 1.98 bits per heavy atom. The second-order valence-electron chi connectivity index (χ2n) is 11.0. The molecule has 1 aliphatic heterocycles. The van der Waals surface area contributed by atoms with Gasteiger partial charge in [-0.05, 0) is 44.9 Å². The summed E-state index contributed by atoms with van der Waals surface area (Å²) in [4.78, 5) is 44.1. The Morgan fingerprint density at radius 3 is 2.74 bits per heavy atom. The van der Waals surface area contributed by atoms with Gasteiger partial charge in [-0.25, -0.2) is 19.6 Å². The number of nitrogen functional groups attached to an aromatic ring is 1. The van der Waals surface area contributed by atoms with E-state index in [-0.39, 0.29) is 17.9 Å². The van der Waals surface area contributed by atoms with Crippen LogP contribution in [0.5, 0.6) is 0 Å². The lowest BCUT2D eigenvalue weighted by atomic mass is 10.1. The van der Waals surface area contributed by atoms with E-state index in [2.05, 4.69) is 39.1 Å². The third kappa shape index (κ3) is 5.90. The van der Waals surface area contributed by atoms with E-state index >= 15 is 0 Å². The number of nitrogens with one attached hydrogen (secondary N) is 1. The van der Waals surface area contributed by atoms with Crippen LogP contribution < -0.4 is 11.1 Å². The summed E-state index contributed by atoms with van der Waals surface area (Å²) in [6, 6.07) is 7.85. The second-order valence-corrected chi connectivity index (χ2v) is 12.1. The highest BCUT2D eigenvalue weighted by molar-refractivity contribution is 7.15. The summed E-state index contributed by atoms with van der Waals surface area (Å²) in [6.07, 6.45) is 12.1. The molecular weight excluding hydrogens is 550 g/mol. The maximum Gasteiger partial charge on any atom is 0.257 e. The van der Waals surface area contributed by atoms with Gasteiger partial charge in [-0.2, -0.15) is 5.10 Å². The lowest BCUT2D eigenvalue weighted by Gasteiger charge is -2.16. The highest BCUT2D eigenvalue weighted by Crippen LogP contribution is 2.34. The normalized spacial score (nSPS) is 17.1. The topological polar surface area (TPSA) is 135 Å². The number of hydrogen-bond acceptors (Lipinski definition) is 9. The third-order valence-corrected chi connectivity index (χ3v) is 8.83. The fraction of sp³-hybridized carbons (Fsp3) is 0.400. The minimum atomic E-state index is -0.221. The molecule has 1 aliphatic carbocycles. The number of likely N-dealkylation sites (N-methyl/N-ethyl adjacent to an activating group) is 1. The minimum Gasteiger partial charge on any atom is -0.383 e. The van der Waals surface area contributed by atoms with E-state index in [0.717, 1.165) is 36.2 Å². The van der Waals surface area contributed by atoms with Crippen LogP contribution in [0.3, 0.4) is 0 Å². The summed E-state index contributed by atoms with van der Waals surface area (Å²) in [5.74, 6) is 0.130. The number of benzene rings is 1. The van der Waals surface area contributed by atoms with Gasteiger partial charge in [-0.15, -0.1) is 11.3 Å². The third-order valence-electron chi connectivity index (χ3n) is 7.85. The van der Waals surface area contributed by atoms with Crippen molar-refractivity contribution in [3.05, 3.63) is 59.4 Å². The standard InChI is InChI=1S/C30H35N9O2S/c1-3-5-23-16-32-30(42-23)35-29(41)20-9-7-19(8-10-20)26-25-27(31)33-18-34-28(25)39(36-26)22-13-15-38(17-22)24(40)6-4-14-37(2)21-11-12-21/h4,6-10,16,18,21-22H,3,5,11-15,17H2,1-2H3,(H2,31,33,34)(H,32,35,41)/b6-4+/t22-/m1/s1. The van der Waals surface area contributed by atoms with Crippen LogP contribution >= 0.6 is 11.3 Å². The molecule has 0 spiro atoms. The first-order valence-corrected chi connectivity index (χ1v) is 15.2. The highest BCUT2D eigenvalue weighted by atomic mass is 32.1. The lowest BCUT2D eigenvalue weighted by Crippen LogP contribution is -2.28. The van der Waals surface area contributed by atoms with Crippen molar-refractivity contribution in [2.75, 3.05) is 37.7 Å². The van der Waals surface area contributed by atoms with Crippen molar-refractivity contribution < 1.29 is 9.59 Å². The zero-order valence-corrected chi connectivity index (χ0v) is 24.7. The van der Waals surface area contributed by atoms with Crippen molar-refractivity contribution in [2.45, 2.75) is 51.1 Å². The van der Waals surface area contributed by atoms with Gasteiger partial charge in [0.25, 0.3) is 5.91 Å². The minimum absolute atomic E-state index is 0.0146. The highest BCUT2D eigenvalue weighted by Gasteiger charge is 2.30. The molecule has 4 aromatic rings. The van der Waals surface area contributed by atoms with E-state index in [0.29, 0.717) is 52.4 Å². The first kappa shape index (κ1) is 28.0. The number of carbonyl (C=O) groups excluding carboxylic acids is 2. The van der Waals surface area contributed by atoms with Gasteiger partial charge in [-0.1, -0.05) is 31.6 Å². The smallest absolute Gasteiger partial charge is 0.257 e. The number of thiazole rings is 1. The van der Waals surface area contributed by atoms with Crippen LogP contribution in [0, 0.1) is 0 Å². The number of rotatable bonds is 10. The van der Waals surface area contributed by atoms with Gasteiger partial charge in [0, 0.05) is 54.0 Å². The summed E-state index contributed by atoms with van der Waals surface area (Å²) >= 11 is 1.49. The summed E-state index contributed by atoms with van der Waals surface area (Å²) < 4.78 is 1.87. The molecule has 218 valence electrons. The molecule has 1 saturated carbocycles. The Hall–Kier alpha value is -4.16. The molecule has 0 radical (unpaired) electrons. The molecule has 2 fully saturated rings. The fourth-order valence-electron chi connectivity index (χ4n) is 5.36. The number of anilines is 2. The number of nitrogens with zero attached hydrogens (tertiary/aromatic N) is 7. The molecule has 6 rings (SSSR count). The molecule has 3 N–H and O–H groups in total. The van der Waals surface area contributed by atoms with Crippen LogP contribution in [0.15, 0.2) is 48.9 Å². The second kappa shape index (κ2) is 12.0. The monoisotopic (exact) mass is 585 g/mol. The molecule has 4 heterocycles. The average Bonchev–Trinajstić information content (AvgIpc) is 3.36. The van der Waals surface area contributed by atoms with E-state index < -0.39 is 0 Å². The van der Waals surface area contributed by atoms with E-state index in [9.17, 15) is 9.59 Å². The fourth-order valence-corrected chi connectivity index (χ4v) is 6.27. The number of likely N-dealkylation sites (tertiary alicyclic amines) is 1. The van der Waals surface area contributed by atoms with Crippen molar-refractivity contribution >= 4 is 45.1 Å². The van der Waals surface area contributed by atoms with Gasteiger partial charge < -0.3 is 10.6 Å². The number of carbonyl (C=O) groups is 2. The molecule has 2 aliphatic rings. The molecule has 1 atom stereocenters. The van der Waals surface area contributed by atoms with Crippen LogP contribution in [-0.2, 0) is 11.2 Å². The summed E-state index contributed by atoms with van der Waals surface area (Å²) in [7, 11) is 2.10. The number of amides is 2. The first-order valence-electron chi connectivity index (χ1n) is 14.4. The maximum absolute atomic E-state index is 12.9. The Morgan fingerprint density at radius 1 is 1.17 bits per heavy atom. The van der Waals surface area contributed by atoms with Crippen molar-refractivity contribution in [1.82, 2.24) is 34.5 Å². The Labute approximate surface area is 248 Å². The van der Waals surface area contributed by atoms with Gasteiger partial charge in [0.15, 0.2) is 10.8 Å². The Kier molecular flexibility index (Phi) is 7.98. The SMILES string of the molecule is CCCc1cnc(NC(=O)c2ccc(-c3nn([C@@H]4CCN(C(=O)/C=C/CN(C)C5CC5)C4)c4ncnc(N)c34)cc2)s1. The summed E-state index contributed by atoms with van der Waals surface area (Å²) in [5, 5.41) is 9.07. The van der Waals surface area contributed by atoms with Crippen LogP contribution in [0.2, 0.25) is 0 Å². The van der Waals surface area contributed by atoms with Gasteiger partial charge >= 0.3 is 0 Å². The van der Waals surface area contributed by atoms with Gasteiger partial charge in [0.05, 0.1) is 11.4 Å². The van der Waals surface area contributed by atoms with Gasteiger partial charge in [0.2, 0.25) is 5.91 Å². The summed E-state index contributed by atoms with van der Waals surface area (Å²) in [6.45, 7) is 4.08.